The first-order valence-corrected chi connectivity index (χ1v) is 5.77. The molecule has 19 heavy (non-hydrogen) atoms. The predicted octanol–water partition coefficient (Wildman–Crippen LogP) is -1.66. The first-order valence-electron chi connectivity index (χ1n) is 5.77. The third-order valence-corrected chi connectivity index (χ3v) is 3.15. The molecule has 102 valence electrons. The summed E-state index contributed by atoms with van der Waals surface area (Å²) in [6.45, 7) is -0.277. The van der Waals surface area contributed by atoms with E-state index in [2.05, 4.69) is 15.0 Å². The minimum absolute atomic E-state index is 0.0171. The van der Waals surface area contributed by atoms with Gasteiger partial charge in [0.25, 0.3) is 5.56 Å². The van der Waals surface area contributed by atoms with Crippen LogP contribution in [0.3, 0.4) is 0 Å². The van der Waals surface area contributed by atoms with Crippen molar-refractivity contribution in [2.24, 2.45) is 0 Å². The molecule has 0 aromatic carbocycles. The fraction of sp³-hybridized carbons (Fsp3) is 0.500. The zero-order valence-electron chi connectivity index (χ0n) is 9.85. The highest BCUT2D eigenvalue weighted by Gasteiger charge is 2.35. The Labute approximate surface area is 106 Å². The monoisotopic (exact) mass is 271 g/mol. The third kappa shape index (κ3) is 1.87. The molecule has 1 fully saturated rings. The van der Waals surface area contributed by atoms with E-state index in [1.165, 1.54) is 10.9 Å². The number of anilines is 1. The molecule has 2 aromatic rings. The maximum absolute atomic E-state index is 11.6. The van der Waals surface area contributed by atoms with Crippen molar-refractivity contribution < 1.29 is 14.9 Å². The molecule has 1 aliphatic rings. The summed E-state index contributed by atoms with van der Waals surface area (Å²) in [5.74, 6) is -0.0171. The van der Waals surface area contributed by atoms with Crippen molar-refractivity contribution in [1.29, 1.82) is 0 Å². The van der Waals surface area contributed by atoms with E-state index in [1.54, 1.807) is 0 Å². The van der Waals surface area contributed by atoms with E-state index < -0.39 is 24.0 Å². The molecule has 2 aromatic heterocycles. The van der Waals surface area contributed by atoms with Crippen LogP contribution in [0.25, 0.3) is 11.2 Å². The van der Waals surface area contributed by atoms with Crippen LogP contribution >= 0.6 is 0 Å². The number of hydrogen-bond acceptors (Lipinski definition) is 7. The van der Waals surface area contributed by atoms with Crippen LogP contribution in [0.15, 0.2) is 11.1 Å². The van der Waals surface area contributed by atoms with E-state index in [0.29, 0.717) is 0 Å². The maximum atomic E-state index is 11.6. The van der Waals surface area contributed by atoms with E-state index >= 15 is 0 Å². The third-order valence-electron chi connectivity index (χ3n) is 3.15. The van der Waals surface area contributed by atoms with Gasteiger partial charge >= 0.3 is 0 Å². The zero-order valence-corrected chi connectivity index (χ0v) is 9.85. The lowest BCUT2D eigenvalue weighted by molar-refractivity contribution is -0.0432. The Morgan fingerprint density at radius 1 is 1.63 bits per heavy atom. The van der Waals surface area contributed by atoms with E-state index in [9.17, 15) is 9.90 Å². The average Bonchev–Trinajstić information content (AvgIpc) is 2.92. The number of aliphatic hydroxyl groups is 2. The Hall–Kier alpha value is -1.97. The predicted molar refractivity (Wildman–Crippen MR) is 64.2 cm³/mol. The maximum Gasteiger partial charge on any atom is 0.280 e. The topological polar surface area (TPSA) is 139 Å². The van der Waals surface area contributed by atoms with Crippen LogP contribution in [0.5, 0.6) is 0 Å². The smallest absolute Gasteiger partial charge is 0.280 e. The molecule has 1 saturated heterocycles. The molecule has 3 atom stereocenters. The molecule has 0 saturated carbocycles. The second kappa shape index (κ2) is 4.30. The Kier molecular flexibility index (Phi) is 2.73. The quantitative estimate of drug-likeness (QED) is 0.479. The van der Waals surface area contributed by atoms with Crippen molar-refractivity contribution >= 4 is 17.1 Å². The number of ether oxygens (including phenoxy) is 1. The summed E-state index contributed by atoms with van der Waals surface area (Å²) < 4.78 is 7.01. The normalized spacial score (nSPS) is 27.2. The first kappa shape index (κ1) is 12.1. The number of nitrogens with one attached hydrogen (secondary N) is 1. The Balaban J connectivity index is 2.05. The number of nitrogens with zero attached hydrogens (tertiary/aromatic N) is 3. The fourth-order valence-electron chi connectivity index (χ4n) is 2.20. The zero-order chi connectivity index (χ0) is 13.6. The van der Waals surface area contributed by atoms with Crippen LogP contribution < -0.4 is 11.3 Å². The molecule has 5 N–H and O–H groups in total. The molecule has 3 heterocycles. The number of rotatable bonds is 2. The Bertz CT molecular complexity index is 665. The van der Waals surface area contributed by atoms with Crippen molar-refractivity contribution in [3.63, 3.8) is 0 Å². The van der Waals surface area contributed by atoms with Gasteiger partial charge in [-0.05, 0) is 0 Å². The largest absolute Gasteiger partial charge is 0.394 e. The summed E-state index contributed by atoms with van der Waals surface area (Å²) in [5, 5.41) is 18.8. The summed E-state index contributed by atoms with van der Waals surface area (Å²) >= 11 is 0. The molecular formula is C10H13N5O4. The van der Waals surface area contributed by atoms with Gasteiger partial charge in [-0.3, -0.25) is 14.3 Å². The van der Waals surface area contributed by atoms with Gasteiger partial charge < -0.3 is 20.7 Å². The Morgan fingerprint density at radius 2 is 2.42 bits per heavy atom. The van der Waals surface area contributed by atoms with Gasteiger partial charge in [-0.1, -0.05) is 0 Å². The van der Waals surface area contributed by atoms with Gasteiger partial charge in [-0.25, -0.2) is 4.98 Å². The summed E-state index contributed by atoms with van der Waals surface area (Å²) in [4.78, 5) is 22.0. The molecule has 9 heteroatoms. The van der Waals surface area contributed by atoms with E-state index in [-0.39, 0.29) is 30.1 Å². The summed E-state index contributed by atoms with van der Waals surface area (Å²) in [7, 11) is 0. The van der Waals surface area contributed by atoms with Crippen molar-refractivity contribution in [2.75, 3.05) is 12.3 Å². The minimum Gasteiger partial charge on any atom is -0.394 e. The first-order chi connectivity index (χ1) is 9.10. The SMILES string of the molecule is [15NH2][13c]1nc2c([15n]cn2[C@H]2C[C@H](O)[C@@H](CO)O2)c(=O)[15nH]1. The van der Waals surface area contributed by atoms with Gasteiger partial charge in [0.15, 0.2) is 11.2 Å². The second-order valence-electron chi connectivity index (χ2n) is 4.39. The van der Waals surface area contributed by atoms with Crippen molar-refractivity contribution in [3.05, 3.63) is 16.7 Å². The van der Waals surface area contributed by atoms with E-state index in [1.807, 2.05) is 0 Å². The van der Waals surface area contributed by atoms with Crippen LogP contribution in [0.2, 0.25) is 0 Å². The summed E-state index contributed by atoms with van der Waals surface area (Å²) in [6.07, 6.45) is -0.270. The molecule has 0 bridgehead atoms. The number of hydrogen-bond donors (Lipinski definition) is 4. The molecule has 0 aliphatic carbocycles. The highest BCUT2D eigenvalue weighted by molar-refractivity contribution is 5.70. The summed E-state index contributed by atoms with van der Waals surface area (Å²) in [6, 6.07) is 0. The lowest BCUT2D eigenvalue weighted by Gasteiger charge is -2.13. The van der Waals surface area contributed by atoms with Crippen LogP contribution in [-0.4, -0.2) is 48.5 Å². The number of imidazole rings is 1. The number of aromatic amines is 1. The fourth-order valence-corrected chi connectivity index (χ4v) is 2.20. The molecule has 3 rings (SSSR count). The van der Waals surface area contributed by atoms with Crippen molar-refractivity contribution in [1.82, 2.24) is 19.5 Å². The number of aliphatic hydroxyl groups excluding tert-OH is 2. The van der Waals surface area contributed by atoms with Crippen LogP contribution in [0.4, 0.5) is 5.95 Å². The van der Waals surface area contributed by atoms with Gasteiger partial charge in [0, 0.05) is 6.42 Å². The van der Waals surface area contributed by atoms with Crippen molar-refractivity contribution in [2.45, 2.75) is 24.9 Å². The van der Waals surface area contributed by atoms with Crippen LogP contribution in [-0.2, 0) is 4.74 Å². The van der Waals surface area contributed by atoms with Gasteiger partial charge in [-0.15, -0.1) is 0 Å². The van der Waals surface area contributed by atoms with E-state index in [0.717, 1.165) is 0 Å². The lowest BCUT2D eigenvalue weighted by Crippen LogP contribution is -2.24. The molecule has 0 spiro atoms. The molecule has 1 aliphatic heterocycles. The second-order valence-corrected chi connectivity index (χ2v) is 4.39. The molecule has 0 amide bonds. The molecule has 0 unspecified atom stereocenters. The van der Waals surface area contributed by atoms with Gasteiger partial charge in [0.05, 0.1) is 19.0 Å². The average molecular weight is 271 g/mol. The standard InChI is InChI=1S/C10H13N5O4/c11-10-13-8-7(9(18)14-10)12-3-15(8)6-1-4(17)5(2-16)19-6/h3-6,16-17H,1-2H2,(H3,11,13,14,18)/t4-,5+,6+/m0/s1/i10+1,11+1,12+1,14+1. The highest BCUT2D eigenvalue weighted by atomic mass is 16.5. The minimum atomic E-state index is -0.771. The van der Waals surface area contributed by atoms with Crippen molar-refractivity contribution in [3.8, 4) is 0 Å². The number of nitrogens with two attached hydrogens (primary N) is 1. The van der Waals surface area contributed by atoms with E-state index in [4.69, 9.17) is 15.6 Å². The number of H-pyrrole nitrogens is 1. The summed E-state index contributed by atoms with van der Waals surface area (Å²) in [5.41, 5.74) is 5.50. The number of fused-ring (bicyclic) bond motifs is 1. The number of nitrogen functional groups attached to an aromatic ring is 1. The van der Waals surface area contributed by atoms with Gasteiger partial charge in [-0.2, -0.15) is 4.98 Å². The van der Waals surface area contributed by atoms with Gasteiger partial charge in [0.1, 0.15) is 12.3 Å². The highest BCUT2D eigenvalue weighted by Crippen LogP contribution is 2.30. The lowest BCUT2D eigenvalue weighted by atomic mass is 10.2. The van der Waals surface area contributed by atoms with Gasteiger partial charge in [0.2, 0.25) is 5.95 Å². The van der Waals surface area contributed by atoms with Crippen LogP contribution in [0.1, 0.15) is 12.6 Å². The number of aromatic nitrogens is 4. The molecule has 0 radical (unpaired) electrons. The van der Waals surface area contributed by atoms with Crippen LogP contribution in [0, 0.1) is 0 Å². The molecular weight excluding hydrogens is 258 g/mol. The Morgan fingerprint density at radius 3 is 3.11 bits per heavy atom. The molecule has 9 nitrogen and oxygen atoms in total.